The monoisotopic (exact) mass is 198 g/mol. The van der Waals surface area contributed by atoms with Crippen LogP contribution in [0, 0.1) is 0 Å². The van der Waals surface area contributed by atoms with Gasteiger partial charge < -0.3 is 9.47 Å². The van der Waals surface area contributed by atoms with E-state index in [4.69, 9.17) is 9.47 Å². The molecule has 0 aromatic carbocycles. The molecule has 2 nitrogen and oxygen atoms in total. The van der Waals surface area contributed by atoms with Crippen LogP contribution in [-0.4, -0.2) is 18.0 Å². The first-order valence-electron chi connectivity index (χ1n) is 6.07. The van der Waals surface area contributed by atoms with Gasteiger partial charge in [0.25, 0.3) is 0 Å². The second kappa shape index (κ2) is 4.19. The summed E-state index contributed by atoms with van der Waals surface area (Å²) in [6.07, 6.45) is 9.35. The van der Waals surface area contributed by atoms with Crippen LogP contribution in [-0.2, 0) is 9.47 Å². The van der Waals surface area contributed by atoms with E-state index in [-0.39, 0.29) is 18.0 Å². The molecular formula is C12H22O2. The fourth-order valence-electron chi connectivity index (χ4n) is 2.58. The third-order valence-corrected chi connectivity index (χ3v) is 3.58. The molecule has 2 rings (SSSR count). The Kier molecular flexibility index (Phi) is 3.13. The van der Waals surface area contributed by atoms with Crippen molar-refractivity contribution in [3.63, 3.8) is 0 Å². The standard InChI is InChI=1S/C12H22O2/c1-10-11(2)14-12(13-10)8-6-4-3-5-7-9-12/h10-11H,3-9H2,1-2H3. The Morgan fingerprint density at radius 2 is 1.21 bits per heavy atom. The molecule has 0 radical (unpaired) electrons. The largest absolute Gasteiger partial charge is 0.344 e. The van der Waals surface area contributed by atoms with E-state index in [9.17, 15) is 0 Å². The zero-order valence-corrected chi connectivity index (χ0v) is 9.42. The quantitative estimate of drug-likeness (QED) is 0.595. The smallest absolute Gasteiger partial charge is 0.169 e. The van der Waals surface area contributed by atoms with Crippen molar-refractivity contribution in [3.05, 3.63) is 0 Å². The summed E-state index contributed by atoms with van der Waals surface area (Å²) < 4.78 is 12.0. The molecule has 0 amide bonds. The van der Waals surface area contributed by atoms with Gasteiger partial charge in [0.15, 0.2) is 5.79 Å². The van der Waals surface area contributed by atoms with Gasteiger partial charge in [-0.2, -0.15) is 0 Å². The van der Waals surface area contributed by atoms with E-state index in [0.29, 0.717) is 0 Å². The molecule has 0 aromatic rings. The molecule has 2 heteroatoms. The van der Waals surface area contributed by atoms with E-state index in [1.165, 1.54) is 32.1 Å². The maximum Gasteiger partial charge on any atom is 0.169 e. The first kappa shape index (κ1) is 10.4. The van der Waals surface area contributed by atoms with Crippen molar-refractivity contribution in [3.8, 4) is 0 Å². The molecule has 0 aromatic heterocycles. The van der Waals surface area contributed by atoms with Crippen LogP contribution in [0.1, 0.15) is 58.8 Å². The maximum atomic E-state index is 6.02. The lowest BCUT2D eigenvalue weighted by Crippen LogP contribution is -2.31. The van der Waals surface area contributed by atoms with Gasteiger partial charge in [-0.3, -0.25) is 0 Å². The number of ether oxygens (including phenoxy) is 2. The van der Waals surface area contributed by atoms with E-state index >= 15 is 0 Å². The molecule has 2 aliphatic rings. The highest BCUT2D eigenvalue weighted by Gasteiger charge is 2.43. The van der Waals surface area contributed by atoms with Gasteiger partial charge in [-0.05, 0) is 26.7 Å². The lowest BCUT2D eigenvalue weighted by atomic mass is 9.96. The highest BCUT2D eigenvalue weighted by Crippen LogP contribution is 2.38. The summed E-state index contributed by atoms with van der Waals surface area (Å²) >= 11 is 0. The van der Waals surface area contributed by atoms with Crippen molar-refractivity contribution in [2.24, 2.45) is 0 Å². The van der Waals surface area contributed by atoms with E-state index in [2.05, 4.69) is 13.8 Å². The molecular weight excluding hydrogens is 176 g/mol. The second-order valence-corrected chi connectivity index (χ2v) is 4.82. The molecule has 0 bridgehead atoms. The second-order valence-electron chi connectivity index (χ2n) is 4.82. The van der Waals surface area contributed by atoms with Gasteiger partial charge in [-0.1, -0.05) is 19.3 Å². The first-order chi connectivity index (χ1) is 6.72. The number of rotatable bonds is 0. The Hall–Kier alpha value is -0.0800. The molecule has 1 aliphatic carbocycles. The Morgan fingerprint density at radius 1 is 0.786 bits per heavy atom. The Labute approximate surface area is 87.0 Å². The Balaban J connectivity index is 1.98. The molecule has 2 unspecified atom stereocenters. The molecule has 1 aliphatic heterocycles. The summed E-state index contributed by atoms with van der Waals surface area (Å²) in [6.45, 7) is 4.25. The lowest BCUT2D eigenvalue weighted by Gasteiger charge is -2.29. The predicted molar refractivity (Wildman–Crippen MR) is 56.1 cm³/mol. The Bertz CT molecular complexity index is 171. The third kappa shape index (κ3) is 2.12. The van der Waals surface area contributed by atoms with E-state index in [1.54, 1.807) is 0 Å². The molecule has 2 fully saturated rings. The van der Waals surface area contributed by atoms with Crippen molar-refractivity contribution < 1.29 is 9.47 Å². The van der Waals surface area contributed by atoms with Crippen molar-refractivity contribution in [2.45, 2.75) is 76.8 Å². The first-order valence-corrected chi connectivity index (χ1v) is 6.07. The highest BCUT2D eigenvalue weighted by atomic mass is 16.8. The van der Waals surface area contributed by atoms with Crippen molar-refractivity contribution in [1.82, 2.24) is 0 Å². The van der Waals surface area contributed by atoms with Crippen molar-refractivity contribution in [1.29, 1.82) is 0 Å². The van der Waals surface area contributed by atoms with Gasteiger partial charge in [0.05, 0.1) is 12.2 Å². The van der Waals surface area contributed by atoms with Crippen LogP contribution in [0.15, 0.2) is 0 Å². The average Bonchev–Trinajstić information content (AvgIpc) is 2.38. The van der Waals surface area contributed by atoms with E-state index in [0.717, 1.165) is 12.8 Å². The van der Waals surface area contributed by atoms with Gasteiger partial charge in [0.2, 0.25) is 0 Å². The maximum absolute atomic E-state index is 6.02. The Morgan fingerprint density at radius 3 is 1.71 bits per heavy atom. The van der Waals surface area contributed by atoms with Crippen LogP contribution in [0.4, 0.5) is 0 Å². The van der Waals surface area contributed by atoms with Crippen LogP contribution in [0.5, 0.6) is 0 Å². The molecule has 14 heavy (non-hydrogen) atoms. The molecule has 1 heterocycles. The summed E-state index contributed by atoms with van der Waals surface area (Å²) in [4.78, 5) is 0. The van der Waals surface area contributed by atoms with E-state index < -0.39 is 0 Å². The average molecular weight is 198 g/mol. The van der Waals surface area contributed by atoms with Crippen LogP contribution in [0.25, 0.3) is 0 Å². The van der Waals surface area contributed by atoms with Crippen molar-refractivity contribution >= 4 is 0 Å². The number of hydrogen-bond acceptors (Lipinski definition) is 2. The minimum Gasteiger partial charge on any atom is -0.344 e. The SMILES string of the molecule is CC1OC2(CCCCCCC2)OC1C. The summed E-state index contributed by atoms with van der Waals surface area (Å²) in [6, 6.07) is 0. The molecule has 2 atom stereocenters. The fourth-order valence-corrected chi connectivity index (χ4v) is 2.58. The summed E-state index contributed by atoms with van der Waals surface area (Å²) in [5, 5.41) is 0. The highest BCUT2D eigenvalue weighted by molar-refractivity contribution is 4.83. The van der Waals surface area contributed by atoms with Gasteiger partial charge in [0, 0.05) is 12.8 Å². The zero-order valence-electron chi connectivity index (χ0n) is 9.42. The van der Waals surface area contributed by atoms with Gasteiger partial charge in [-0.15, -0.1) is 0 Å². The van der Waals surface area contributed by atoms with Crippen LogP contribution >= 0.6 is 0 Å². The van der Waals surface area contributed by atoms with Gasteiger partial charge >= 0.3 is 0 Å². The summed E-state index contributed by atoms with van der Waals surface area (Å²) in [7, 11) is 0. The number of hydrogen-bond donors (Lipinski definition) is 0. The van der Waals surface area contributed by atoms with Crippen molar-refractivity contribution in [2.75, 3.05) is 0 Å². The normalized spacial score (nSPS) is 38.1. The predicted octanol–water partition coefficient (Wildman–Crippen LogP) is 3.25. The van der Waals surface area contributed by atoms with E-state index in [1.807, 2.05) is 0 Å². The minimum atomic E-state index is -0.209. The molecule has 0 N–H and O–H groups in total. The van der Waals surface area contributed by atoms with Gasteiger partial charge in [0.1, 0.15) is 0 Å². The minimum absolute atomic E-state index is 0.209. The van der Waals surface area contributed by atoms with Crippen LogP contribution in [0.3, 0.4) is 0 Å². The topological polar surface area (TPSA) is 18.5 Å². The third-order valence-electron chi connectivity index (χ3n) is 3.58. The lowest BCUT2D eigenvalue weighted by molar-refractivity contribution is -0.185. The fraction of sp³-hybridized carbons (Fsp3) is 1.00. The molecule has 1 saturated carbocycles. The zero-order chi connectivity index (χ0) is 10.0. The summed E-state index contributed by atoms with van der Waals surface area (Å²) in [5.41, 5.74) is 0. The molecule has 1 spiro atoms. The van der Waals surface area contributed by atoms with Crippen LogP contribution in [0.2, 0.25) is 0 Å². The molecule has 82 valence electrons. The molecule has 1 saturated heterocycles. The van der Waals surface area contributed by atoms with Gasteiger partial charge in [-0.25, -0.2) is 0 Å². The summed E-state index contributed by atoms with van der Waals surface area (Å²) in [5.74, 6) is -0.209. The van der Waals surface area contributed by atoms with Crippen LogP contribution < -0.4 is 0 Å².